The molecule has 1 amide bonds. The van der Waals surface area contributed by atoms with Crippen molar-refractivity contribution < 1.29 is 4.79 Å². The molecule has 0 bridgehead atoms. The summed E-state index contributed by atoms with van der Waals surface area (Å²) in [6.45, 7) is 0. The minimum absolute atomic E-state index is 0.438. The maximum atomic E-state index is 11.0. The number of nitrogens with zero attached hydrogens (tertiary/aromatic N) is 1. The number of hydrogen-bond acceptors (Lipinski definition) is 5. The van der Waals surface area contributed by atoms with Gasteiger partial charge in [-0.05, 0) is 36.4 Å². The van der Waals surface area contributed by atoms with Crippen LogP contribution in [0.5, 0.6) is 0 Å². The zero-order valence-electron chi connectivity index (χ0n) is 11.6. The molecule has 0 saturated heterocycles. The first kappa shape index (κ1) is 14.1. The van der Waals surface area contributed by atoms with Gasteiger partial charge in [-0.25, -0.2) is 4.98 Å². The third kappa shape index (κ3) is 3.07. The Bertz CT molecular complexity index is 794. The lowest BCUT2D eigenvalue weighted by Crippen LogP contribution is -2.10. The maximum Gasteiger partial charge on any atom is 0.248 e. The molecule has 0 aliphatic carbocycles. The Morgan fingerprint density at radius 3 is 2.36 bits per heavy atom. The highest BCUT2D eigenvalue weighted by atomic mass is 32.1. The molecule has 0 fully saturated rings. The third-order valence-corrected chi connectivity index (χ3v) is 3.89. The lowest BCUT2D eigenvalue weighted by molar-refractivity contribution is 0.100. The minimum atomic E-state index is -0.438. The van der Waals surface area contributed by atoms with Crippen molar-refractivity contribution in [2.45, 2.75) is 0 Å². The summed E-state index contributed by atoms with van der Waals surface area (Å²) in [5, 5.41) is 5.96. The highest BCUT2D eigenvalue weighted by Gasteiger charge is 2.05. The molecular weight excluding hydrogens is 296 g/mol. The van der Waals surface area contributed by atoms with Gasteiger partial charge in [-0.15, -0.1) is 11.3 Å². The van der Waals surface area contributed by atoms with E-state index in [0.29, 0.717) is 5.56 Å². The lowest BCUT2D eigenvalue weighted by Gasteiger charge is -2.03. The van der Waals surface area contributed by atoms with Crippen LogP contribution in [0.2, 0.25) is 0 Å². The van der Waals surface area contributed by atoms with Gasteiger partial charge in [-0.2, -0.15) is 0 Å². The van der Waals surface area contributed by atoms with E-state index in [-0.39, 0.29) is 0 Å². The molecule has 3 aromatic rings. The second-order valence-corrected chi connectivity index (χ2v) is 5.58. The molecule has 6 heteroatoms. The number of carbonyl (C=O) groups is 1. The van der Waals surface area contributed by atoms with Crippen molar-refractivity contribution in [1.29, 1.82) is 0 Å². The predicted molar refractivity (Wildman–Crippen MR) is 90.2 cm³/mol. The fourth-order valence-corrected chi connectivity index (χ4v) is 2.70. The molecule has 1 aromatic heterocycles. The first-order valence-corrected chi connectivity index (χ1v) is 7.48. The number of thiazole rings is 1. The molecule has 2 aromatic carbocycles. The molecule has 0 unspecified atom stereocenters. The first-order valence-electron chi connectivity index (χ1n) is 6.60. The topological polar surface area (TPSA) is 94.0 Å². The number of rotatable bonds is 4. The van der Waals surface area contributed by atoms with E-state index < -0.39 is 5.91 Å². The van der Waals surface area contributed by atoms with Gasteiger partial charge >= 0.3 is 0 Å². The van der Waals surface area contributed by atoms with Gasteiger partial charge in [-0.1, -0.05) is 12.1 Å². The van der Waals surface area contributed by atoms with Gasteiger partial charge < -0.3 is 16.8 Å². The normalized spacial score (nSPS) is 10.4. The number of amides is 1. The highest BCUT2D eigenvalue weighted by Crippen LogP contribution is 2.27. The van der Waals surface area contributed by atoms with Crippen LogP contribution in [0.15, 0.2) is 53.9 Å². The molecule has 0 atom stereocenters. The fourth-order valence-electron chi connectivity index (χ4n) is 1.96. The summed E-state index contributed by atoms with van der Waals surface area (Å²) in [7, 11) is 0. The number of primary amides is 1. The van der Waals surface area contributed by atoms with Gasteiger partial charge in [0.2, 0.25) is 5.91 Å². The van der Waals surface area contributed by atoms with Gasteiger partial charge in [0.15, 0.2) is 5.13 Å². The molecule has 0 radical (unpaired) electrons. The number of benzene rings is 2. The van der Waals surface area contributed by atoms with Gasteiger partial charge in [0.05, 0.1) is 5.69 Å². The van der Waals surface area contributed by atoms with Gasteiger partial charge in [-0.3, -0.25) is 4.79 Å². The summed E-state index contributed by atoms with van der Waals surface area (Å²) in [4.78, 5) is 15.6. The van der Waals surface area contributed by atoms with Gasteiger partial charge in [0.25, 0.3) is 0 Å². The summed E-state index contributed by atoms with van der Waals surface area (Å²) in [5.41, 5.74) is 14.9. The van der Waals surface area contributed by atoms with Gasteiger partial charge in [0, 0.05) is 27.9 Å². The van der Waals surface area contributed by atoms with E-state index in [2.05, 4.69) is 10.3 Å². The van der Waals surface area contributed by atoms with Crippen LogP contribution in [0, 0.1) is 0 Å². The zero-order valence-corrected chi connectivity index (χ0v) is 12.4. The molecule has 110 valence electrons. The molecule has 0 spiro atoms. The van der Waals surface area contributed by atoms with E-state index in [1.165, 1.54) is 11.3 Å². The van der Waals surface area contributed by atoms with Crippen LogP contribution >= 0.6 is 11.3 Å². The summed E-state index contributed by atoms with van der Waals surface area (Å²) in [6, 6.07) is 14.5. The van der Waals surface area contributed by atoms with Crippen molar-refractivity contribution in [3.63, 3.8) is 0 Å². The van der Waals surface area contributed by atoms with E-state index in [9.17, 15) is 4.79 Å². The van der Waals surface area contributed by atoms with Crippen molar-refractivity contribution in [1.82, 2.24) is 4.98 Å². The summed E-state index contributed by atoms with van der Waals surface area (Å²) >= 11 is 1.51. The largest absolute Gasteiger partial charge is 0.399 e. The molecule has 3 rings (SSSR count). The molecule has 0 aliphatic heterocycles. The summed E-state index contributed by atoms with van der Waals surface area (Å²) in [6.07, 6.45) is 0. The van der Waals surface area contributed by atoms with Crippen LogP contribution in [0.1, 0.15) is 10.4 Å². The number of nitrogens with one attached hydrogen (secondary N) is 1. The standard InChI is InChI=1S/C16H14N4OS/c17-12-5-1-10(2-6-12)14-9-22-16(20-14)19-13-7-3-11(4-8-13)15(18)21/h1-9H,17H2,(H2,18,21)(H,19,20). The Kier molecular flexibility index (Phi) is 3.76. The van der Waals surface area contributed by atoms with Crippen LogP contribution in [-0.4, -0.2) is 10.9 Å². The number of anilines is 3. The van der Waals surface area contributed by atoms with Crippen molar-refractivity contribution in [2.75, 3.05) is 11.1 Å². The van der Waals surface area contributed by atoms with Crippen molar-refractivity contribution in [2.24, 2.45) is 5.73 Å². The number of carbonyl (C=O) groups excluding carboxylic acids is 1. The second-order valence-electron chi connectivity index (χ2n) is 4.73. The highest BCUT2D eigenvalue weighted by molar-refractivity contribution is 7.14. The molecule has 22 heavy (non-hydrogen) atoms. The first-order chi connectivity index (χ1) is 10.6. The zero-order chi connectivity index (χ0) is 15.5. The average Bonchev–Trinajstić information content (AvgIpc) is 2.97. The monoisotopic (exact) mass is 310 g/mol. The lowest BCUT2D eigenvalue weighted by atomic mass is 10.1. The maximum absolute atomic E-state index is 11.0. The van der Waals surface area contributed by atoms with Crippen molar-refractivity contribution in [3.8, 4) is 11.3 Å². The number of nitrogens with two attached hydrogens (primary N) is 2. The summed E-state index contributed by atoms with van der Waals surface area (Å²) in [5.74, 6) is -0.438. The molecule has 1 heterocycles. The molecular formula is C16H14N4OS. The van der Waals surface area contributed by atoms with E-state index in [1.54, 1.807) is 24.3 Å². The molecule has 5 N–H and O–H groups in total. The predicted octanol–water partition coefficient (Wildman–Crippen LogP) is 3.23. The van der Waals surface area contributed by atoms with E-state index in [4.69, 9.17) is 11.5 Å². The van der Waals surface area contributed by atoms with Crippen LogP contribution in [0.4, 0.5) is 16.5 Å². The minimum Gasteiger partial charge on any atom is -0.399 e. The van der Waals surface area contributed by atoms with Crippen LogP contribution in [0.3, 0.4) is 0 Å². The molecule has 5 nitrogen and oxygen atoms in total. The Morgan fingerprint density at radius 1 is 1.05 bits per heavy atom. The quantitative estimate of drug-likeness (QED) is 0.645. The van der Waals surface area contributed by atoms with Crippen LogP contribution < -0.4 is 16.8 Å². The Hall–Kier alpha value is -2.86. The fraction of sp³-hybridized carbons (Fsp3) is 0. The SMILES string of the molecule is NC(=O)c1ccc(Nc2nc(-c3ccc(N)cc3)cs2)cc1. The van der Waals surface area contributed by atoms with Crippen molar-refractivity contribution in [3.05, 3.63) is 59.5 Å². The molecule has 0 saturated carbocycles. The van der Waals surface area contributed by atoms with E-state index >= 15 is 0 Å². The number of aromatic nitrogens is 1. The Morgan fingerprint density at radius 2 is 1.73 bits per heavy atom. The second kappa shape index (κ2) is 5.87. The van der Waals surface area contributed by atoms with E-state index in [1.807, 2.05) is 29.6 Å². The number of nitrogen functional groups attached to an aromatic ring is 1. The van der Waals surface area contributed by atoms with Gasteiger partial charge in [0.1, 0.15) is 0 Å². The van der Waals surface area contributed by atoms with Crippen molar-refractivity contribution >= 4 is 33.8 Å². The Balaban J connectivity index is 1.76. The third-order valence-electron chi connectivity index (χ3n) is 3.13. The number of hydrogen-bond donors (Lipinski definition) is 3. The molecule has 0 aliphatic rings. The summed E-state index contributed by atoms with van der Waals surface area (Å²) < 4.78 is 0. The Labute approximate surface area is 131 Å². The van der Waals surface area contributed by atoms with E-state index in [0.717, 1.165) is 27.8 Å². The smallest absolute Gasteiger partial charge is 0.248 e. The van der Waals surface area contributed by atoms with Crippen LogP contribution in [0.25, 0.3) is 11.3 Å². The average molecular weight is 310 g/mol. The van der Waals surface area contributed by atoms with Crippen LogP contribution in [-0.2, 0) is 0 Å².